The smallest absolute Gasteiger partial charge is 0.253 e. The molecule has 0 unspecified atom stereocenters. The van der Waals surface area contributed by atoms with Gasteiger partial charge in [-0.1, -0.05) is 30.3 Å². The molecule has 0 aliphatic carbocycles. The molecule has 1 heterocycles. The van der Waals surface area contributed by atoms with Crippen molar-refractivity contribution in [3.63, 3.8) is 0 Å². The molecular formula is C26H27F2N3O3S. The third-order valence-corrected chi connectivity index (χ3v) is 8.01. The highest BCUT2D eigenvalue weighted by molar-refractivity contribution is 7.89. The minimum Gasteiger partial charge on any atom is -0.336 e. The molecule has 0 bridgehead atoms. The van der Waals surface area contributed by atoms with Crippen LogP contribution in [0.3, 0.4) is 0 Å². The summed E-state index contributed by atoms with van der Waals surface area (Å²) in [5.74, 6) is -0.901. The first-order chi connectivity index (χ1) is 16.7. The van der Waals surface area contributed by atoms with Crippen molar-refractivity contribution in [2.24, 2.45) is 0 Å². The van der Waals surface area contributed by atoms with Crippen LogP contribution in [0.2, 0.25) is 0 Å². The number of rotatable bonds is 6. The summed E-state index contributed by atoms with van der Waals surface area (Å²) in [7, 11) is -0.758. The second-order valence-corrected chi connectivity index (χ2v) is 10.8. The van der Waals surface area contributed by atoms with E-state index < -0.39 is 10.0 Å². The average molecular weight is 500 g/mol. The largest absolute Gasteiger partial charge is 0.336 e. The van der Waals surface area contributed by atoms with Gasteiger partial charge < -0.3 is 4.90 Å². The van der Waals surface area contributed by atoms with Crippen molar-refractivity contribution in [1.29, 1.82) is 0 Å². The Balaban J connectivity index is 1.53. The molecule has 0 atom stereocenters. The number of halogens is 2. The number of nitrogens with zero attached hydrogens (tertiary/aromatic N) is 3. The molecule has 0 saturated carbocycles. The number of carbonyl (C=O) groups excluding carboxylic acids is 1. The van der Waals surface area contributed by atoms with Gasteiger partial charge in [-0.25, -0.2) is 21.5 Å². The van der Waals surface area contributed by atoms with E-state index in [9.17, 15) is 22.0 Å². The van der Waals surface area contributed by atoms with Crippen molar-refractivity contribution < 1.29 is 22.0 Å². The van der Waals surface area contributed by atoms with Gasteiger partial charge in [-0.3, -0.25) is 9.69 Å². The van der Waals surface area contributed by atoms with Gasteiger partial charge in [0.1, 0.15) is 11.6 Å². The molecule has 184 valence electrons. The summed E-state index contributed by atoms with van der Waals surface area (Å²) in [5, 5.41) is 0. The van der Waals surface area contributed by atoms with Crippen LogP contribution in [0.25, 0.3) is 0 Å². The zero-order valence-electron chi connectivity index (χ0n) is 19.6. The molecule has 6 nitrogen and oxygen atoms in total. The summed E-state index contributed by atoms with van der Waals surface area (Å²) in [6, 6.07) is 18.3. The fourth-order valence-electron chi connectivity index (χ4n) is 4.27. The SMILES string of the molecule is CN(C)S(=O)(=O)c1cccc(C(=O)N2CCN(C(c3ccc(F)cc3)c3ccc(F)cc3)CC2)c1. The van der Waals surface area contributed by atoms with E-state index >= 15 is 0 Å². The number of sulfonamides is 1. The molecule has 0 spiro atoms. The predicted molar refractivity (Wildman–Crippen MR) is 129 cm³/mol. The van der Waals surface area contributed by atoms with E-state index in [1.807, 2.05) is 0 Å². The fraction of sp³-hybridized carbons (Fsp3) is 0.269. The maximum Gasteiger partial charge on any atom is 0.253 e. The van der Waals surface area contributed by atoms with Gasteiger partial charge in [-0.15, -0.1) is 0 Å². The first-order valence-corrected chi connectivity index (χ1v) is 12.7. The van der Waals surface area contributed by atoms with Crippen molar-refractivity contribution in [3.05, 3.63) is 101 Å². The predicted octanol–water partition coefficient (Wildman–Crippen LogP) is 3.76. The van der Waals surface area contributed by atoms with Gasteiger partial charge >= 0.3 is 0 Å². The maximum absolute atomic E-state index is 13.5. The molecule has 0 aromatic heterocycles. The van der Waals surface area contributed by atoms with Crippen LogP contribution < -0.4 is 0 Å². The highest BCUT2D eigenvalue weighted by Crippen LogP contribution is 2.30. The highest BCUT2D eigenvalue weighted by atomic mass is 32.2. The molecule has 0 radical (unpaired) electrons. The van der Waals surface area contributed by atoms with Gasteiger partial charge in [-0.05, 0) is 53.6 Å². The Morgan fingerprint density at radius 3 is 1.83 bits per heavy atom. The molecule has 3 aromatic carbocycles. The summed E-state index contributed by atoms with van der Waals surface area (Å²) in [5.41, 5.74) is 2.06. The van der Waals surface area contributed by atoms with E-state index in [-0.39, 0.29) is 28.5 Å². The van der Waals surface area contributed by atoms with Crippen molar-refractivity contribution >= 4 is 15.9 Å². The van der Waals surface area contributed by atoms with Gasteiger partial charge in [0.25, 0.3) is 5.91 Å². The Morgan fingerprint density at radius 1 is 0.829 bits per heavy atom. The van der Waals surface area contributed by atoms with E-state index in [0.717, 1.165) is 15.4 Å². The number of amides is 1. The number of hydrogen-bond donors (Lipinski definition) is 0. The lowest BCUT2D eigenvalue weighted by molar-refractivity contribution is 0.0597. The number of hydrogen-bond acceptors (Lipinski definition) is 4. The highest BCUT2D eigenvalue weighted by Gasteiger charge is 2.29. The Labute approximate surface area is 204 Å². The molecule has 4 rings (SSSR count). The van der Waals surface area contributed by atoms with E-state index in [4.69, 9.17) is 0 Å². The lowest BCUT2D eigenvalue weighted by Crippen LogP contribution is -2.49. The minimum atomic E-state index is -3.65. The number of benzene rings is 3. The van der Waals surface area contributed by atoms with Gasteiger partial charge in [-0.2, -0.15) is 0 Å². The van der Waals surface area contributed by atoms with Crippen LogP contribution in [-0.4, -0.2) is 68.7 Å². The molecule has 35 heavy (non-hydrogen) atoms. The topological polar surface area (TPSA) is 60.9 Å². The number of piperazine rings is 1. The zero-order chi connectivity index (χ0) is 25.2. The lowest BCUT2D eigenvalue weighted by atomic mass is 9.96. The molecule has 3 aromatic rings. The normalized spacial score (nSPS) is 15.1. The minimum absolute atomic E-state index is 0.0691. The third kappa shape index (κ3) is 5.42. The van der Waals surface area contributed by atoms with Gasteiger partial charge in [0, 0.05) is 45.8 Å². The van der Waals surface area contributed by atoms with Crippen molar-refractivity contribution in [2.45, 2.75) is 10.9 Å². The Hall–Kier alpha value is -3.14. The van der Waals surface area contributed by atoms with E-state index in [0.29, 0.717) is 31.7 Å². The van der Waals surface area contributed by atoms with E-state index in [1.54, 1.807) is 41.3 Å². The van der Waals surface area contributed by atoms with Crippen LogP contribution in [0.1, 0.15) is 27.5 Å². The maximum atomic E-state index is 13.5. The summed E-state index contributed by atoms with van der Waals surface area (Å²) >= 11 is 0. The van der Waals surface area contributed by atoms with Gasteiger partial charge in [0.05, 0.1) is 10.9 Å². The molecular weight excluding hydrogens is 472 g/mol. The summed E-state index contributed by atoms with van der Waals surface area (Å²) in [6.45, 7) is 1.95. The first-order valence-electron chi connectivity index (χ1n) is 11.2. The lowest BCUT2D eigenvalue weighted by Gasteiger charge is -2.40. The second-order valence-electron chi connectivity index (χ2n) is 8.65. The van der Waals surface area contributed by atoms with Crippen LogP contribution in [0.5, 0.6) is 0 Å². The summed E-state index contributed by atoms with van der Waals surface area (Å²) in [4.78, 5) is 17.1. The van der Waals surface area contributed by atoms with Crippen LogP contribution >= 0.6 is 0 Å². The van der Waals surface area contributed by atoms with Crippen LogP contribution in [0.4, 0.5) is 8.78 Å². The van der Waals surface area contributed by atoms with E-state index in [2.05, 4.69) is 4.90 Å². The Kier molecular flexibility index (Phi) is 7.30. The molecule has 1 amide bonds. The number of carbonyl (C=O) groups is 1. The Bertz CT molecular complexity index is 1240. The third-order valence-electron chi connectivity index (χ3n) is 6.20. The van der Waals surface area contributed by atoms with Crippen LogP contribution in [-0.2, 0) is 10.0 Å². The van der Waals surface area contributed by atoms with Gasteiger partial charge in [0.15, 0.2) is 0 Å². The van der Waals surface area contributed by atoms with Crippen molar-refractivity contribution in [1.82, 2.24) is 14.1 Å². The quantitative estimate of drug-likeness (QED) is 0.518. The van der Waals surface area contributed by atoms with Crippen molar-refractivity contribution in [2.75, 3.05) is 40.3 Å². The van der Waals surface area contributed by atoms with E-state index in [1.165, 1.54) is 50.5 Å². The van der Waals surface area contributed by atoms with Gasteiger partial charge in [0.2, 0.25) is 10.0 Å². The average Bonchev–Trinajstić information content (AvgIpc) is 2.86. The molecule has 1 aliphatic rings. The molecule has 0 N–H and O–H groups in total. The monoisotopic (exact) mass is 499 g/mol. The van der Waals surface area contributed by atoms with Crippen LogP contribution in [0, 0.1) is 11.6 Å². The Morgan fingerprint density at radius 2 is 1.34 bits per heavy atom. The second kappa shape index (κ2) is 10.2. The zero-order valence-corrected chi connectivity index (χ0v) is 20.4. The summed E-state index contributed by atoms with van der Waals surface area (Å²) < 4.78 is 53.1. The molecule has 1 fully saturated rings. The summed E-state index contributed by atoms with van der Waals surface area (Å²) in [6.07, 6.45) is 0. The van der Waals surface area contributed by atoms with Crippen LogP contribution in [0.15, 0.2) is 77.7 Å². The molecule has 1 saturated heterocycles. The fourth-order valence-corrected chi connectivity index (χ4v) is 5.22. The van der Waals surface area contributed by atoms with Crippen molar-refractivity contribution in [3.8, 4) is 0 Å². The molecule has 9 heteroatoms. The standard InChI is InChI=1S/C26H27F2N3O3S/c1-29(2)35(33,34)24-5-3-4-21(18-24)26(32)31-16-14-30(15-17-31)25(19-6-10-22(27)11-7-19)20-8-12-23(28)13-9-20/h3-13,18,25H,14-17H2,1-2H3. The molecule has 1 aliphatic heterocycles. The first kappa shape index (κ1) is 25.0.